The minimum Gasteiger partial charge on any atom is -0.336 e. The van der Waals surface area contributed by atoms with Gasteiger partial charge in [0.25, 0.3) is 0 Å². The molecule has 5 nitrogen and oxygen atoms in total. The van der Waals surface area contributed by atoms with Gasteiger partial charge in [-0.25, -0.2) is 9.18 Å². The maximum absolute atomic E-state index is 13.1. The molecule has 2 heterocycles. The maximum Gasteiger partial charge on any atom is 0.319 e. The van der Waals surface area contributed by atoms with Crippen molar-refractivity contribution in [3.63, 3.8) is 0 Å². The molecule has 1 atom stereocenters. The molecule has 0 saturated heterocycles. The number of hydrogen-bond donors (Lipinski definition) is 2. The number of fused-ring (bicyclic) bond motifs is 1. The lowest BCUT2D eigenvalue weighted by Crippen LogP contribution is -2.45. The first-order valence-electron chi connectivity index (χ1n) is 8.10. The van der Waals surface area contributed by atoms with Gasteiger partial charge in [0.1, 0.15) is 11.9 Å². The largest absolute Gasteiger partial charge is 0.336 e. The van der Waals surface area contributed by atoms with E-state index in [9.17, 15) is 9.18 Å². The second-order valence-corrected chi connectivity index (χ2v) is 7.08. The number of nitrogens with zero attached hydrogens (tertiary/aromatic N) is 2. The van der Waals surface area contributed by atoms with E-state index in [1.54, 1.807) is 11.3 Å². The van der Waals surface area contributed by atoms with Crippen molar-refractivity contribution in [2.24, 2.45) is 0 Å². The molecule has 2 N–H and O–H groups in total. The van der Waals surface area contributed by atoms with Crippen molar-refractivity contribution in [3.8, 4) is 6.07 Å². The smallest absolute Gasteiger partial charge is 0.319 e. The van der Waals surface area contributed by atoms with Gasteiger partial charge in [-0.1, -0.05) is 0 Å². The van der Waals surface area contributed by atoms with Crippen molar-refractivity contribution in [3.05, 3.63) is 51.5 Å². The Morgan fingerprint density at radius 3 is 3.12 bits per heavy atom. The molecule has 25 heavy (non-hydrogen) atoms. The second kappa shape index (κ2) is 7.64. The number of rotatable bonds is 4. The molecule has 2 amide bonds. The third kappa shape index (κ3) is 4.16. The molecule has 0 bridgehead atoms. The first-order chi connectivity index (χ1) is 12.1. The van der Waals surface area contributed by atoms with Gasteiger partial charge in [0.2, 0.25) is 0 Å². The summed E-state index contributed by atoms with van der Waals surface area (Å²) in [7, 11) is 0. The van der Waals surface area contributed by atoms with Gasteiger partial charge in [0.15, 0.2) is 0 Å². The van der Waals surface area contributed by atoms with E-state index in [4.69, 9.17) is 5.26 Å². The van der Waals surface area contributed by atoms with E-state index in [1.807, 2.05) is 6.07 Å². The SMILES string of the molecule is CC(CNC(=O)Nc1ccc(F)cc1C#N)N1CCc2sccc2C1. The summed E-state index contributed by atoms with van der Waals surface area (Å²) in [6, 6.07) is 7.54. The zero-order chi connectivity index (χ0) is 17.8. The molecule has 2 aromatic rings. The van der Waals surface area contributed by atoms with Crippen LogP contribution in [0.2, 0.25) is 0 Å². The van der Waals surface area contributed by atoms with E-state index in [-0.39, 0.29) is 11.6 Å². The van der Waals surface area contributed by atoms with E-state index >= 15 is 0 Å². The molecule has 0 radical (unpaired) electrons. The lowest BCUT2D eigenvalue weighted by atomic mass is 10.1. The van der Waals surface area contributed by atoms with Crippen LogP contribution < -0.4 is 10.6 Å². The summed E-state index contributed by atoms with van der Waals surface area (Å²) in [4.78, 5) is 15.9. The highest BCUT2D eigenvalue weighted by molar-refractivity contribution is 7.10. The molecule has 7 heteroatoms. The van der Waals surface area contributed by atoms with Crippen molar-refractivity contribution < 1.29 is 9.18 Å². The first-order valence-corrected chi connectivity index (χ1v) is 8.98. The van der Waals surface area contributed by atoms with Crippen molar-refractivity contribution >= 4 is 23.1 Å². The van der Waals surface area contributed by atoms with Gasteiger partial charge < -0.3 is 10.6 Å². The predicted octanol–water partition coefficient (Wildman–Crippen LogP) is 3.33. The number of carbonyl (C=O) groups is 1. The molecule has 1 aromatic carbocycles. The fourth-order valence-electron chi connectivity index (χ4n) is 2.90. The number of anilines is 1. The van der Waals surface area contributed by atoms with Crippen LogP contribution >= 0.6 is 11.3 Å². The quantitative estimate of drug-likeness (QED) is 0.881. The second-order valence-electron chi connectivity index (χ2n) is 6.08. The van der Waals surface area contributed by atoms with Gasteiger partial charge in [-0.15, -0.1) is 11.3 Å². The molecular weight excluding hydrogens is 339 g/mol. The molecule has 1 aliphatic heterocycles. The lowest BCUT2D eigenvalue weighted by molar-refractivity contribution is 0.188. The molecule has 1 unspecified atom stereocenters. The number of nitriles is 1. The summed E-state index contributed by atoms with van der Waals surface area (Å²) >= 11 is 1.80. The number of benzene rings is 1. The maximum atomic E-state index is 13.1. The van der Waals surface area contributed by atoms with Crippen LogP contribution in [0.1, 0.15) is 22.9 Å². The van der Waals surface area contributed by atoms with Crippen LogP contribution in [0, 0.1) is 17.1 Å². The Hall–Kier alpha value is -2.43. The Bertz CT molecular complexity index is 814. The van der Waals surface area contributed by atoms with Crippen molar-refractivity contribution in [1.29, 1.82) is 5.26 Å². The van der Waals surface area contributed by atoms with E-state index in [1.165, 1.54) is 22.6 Å². The van der Waals surface area contributed by atoms with Crippen molar-refractivity contribution in [1.82, 2.24) is 10.2 Å². The van der Waals surface area contributed by atoms with Gasteiger partial charge in [0, 0.05) is 30.6 Å². The Labute approximate surface area is 150 Å². The lowest BCUT2D eigenvalue weighted by Gasteiger charge is -2.32. The van der Waals surface area contributed by atoms with Gasteiger partial charge in [-0.3, -0.25) is 4.90 Å². The molecule has 0 fully saturated rings. The number of hydrogen-bond acceptors (Lipinski definition) is 4. The minimum absolute atomic E-state index is 0.101. The fourth-order valence-corrected chi connectivity index (χ4v) is 3.79. The standard InChI is InChI=1S/C18H19FN4OS/c1-12(23-6-4-17-13(11-23)5-7-25-17)10-21-18(24)22-16-3-2-15(19)8-14(16)9-20/h2-3,5,7-8,12H,4,6,10-11H2,1H3,(H2,21,22,24). The first kappa shape index (κ1) is 17.4. The normalized spacial score (nSPS) is 15.1. The highest BCUT2D eigenvalue weighted by Crippen LogP contribution is 2.25. The Balaban J connectivity index is 1.52. The van der Waals surface area contributed by atoms with Crippen LogP contribution in [0.4, 0.5) is 14.9 Å². The number of thiophene rings is 1. The summed E-state index contributed by atoms with van der Waals surface area (Å²) in [6.45, 7) is 4.46. The number of carbonyl (C=O) groups excluding carboxylic acids is 1. The Morgan fingerprint density at radius 1 is 1.48 bits per heavy atom. The zero-order valence-electron chi connectivity index (χ0n) is 13.9. The highest BCUT2D eigenvalue weighted by Gasteiger charge is 2.21. The molecule has 3 rings (SSSR count). The molecule has 0 saturated carbocycles. The van der Waals surface area contributed by atoms with Gasteiger partial charge in [-0.05, 0) is 48.6 Å². The summed E-state index contributed by atoms with van der Waals surface area (Å²) in [5.41, 5.74) is 1.77. The number of amides is 2. The summed E-state index contributed by atoms with van der Waals surface area (Å²) < 4.78 is 13.1. The summed E-state index contributed by atoms with van der Waals surface area (Å²) in [5, 5.41) is 16.6. The molecule has 1 aromatic heterocycles. The zero-order valence-corrected chi connectivity index (χ0v) is 14.7. The summed E-state index contributed by atoms with van der Waals surface area (Å²) in [5.74, 6) is -0.506. The number of nitrogens with one attached hydrogen (secondary N) is 2. The van der Waals surface area contributed by atoms with Crippen molar-refractivity contribution in [2.45, 2.75) is 25.9 Å². The van der Waals surface area contributed by atoms with E-state index < -0.39 is 11.8 Å². The third-order valence-corrected chi connectivity index (χ3v) is 5.39. The average molecular weight is 358 g/mol. The van der Waals surface area contributed by atoms with Gasteiger partial charge >= 0.3 is 6.03 Å². The Kier molecular flexibility index (Phi) is 5.31. The van der Waals surface area contributed by atoms with Crippen LogP contribution in [0.15, 0.2) is 29.6 Å². The molecule has 130 valence electrons. The topological polar surface area (TPSA) is 68.2 Å². The third-order valence-electron chi connectivity index (χ3n) is 4.37. The van der Waals surface area contributed by atoms with Gasteiger partial charge in [-0.2, -0.15) is 5.26 Å². The molecule has 0 spiro atoms. The van der Waals surface area contributed by atoms with E-state index in [0.29, 0.717) is 12.2 Å². The van der Waals surface area contributed by atoms with Crippen LogP contribution in [0.25, 0.3) is 0 Å². The van der Waals surface area contributed by atoms with E-state index in [2.05, 4.69) is 33.9 Å². The van der Waals surface area contributed by atoms with Crippen LogP contribution in [-0.2, 0) is 13.0 Å². The molecule has 0 aliphatic carbocycles. The highest BCUT2D eigenvalue weighted by atomic mass is 32.1. The predicted molar refractivity (Wildman–Crippen MR) is 96.0 cm³/mol. The fraction of sp³-hybridized carbons (Fsp3) is 0.333. The van der Waals surface area contributed by atoms with Crippen LogP contribution in [-0.4, -0.2) is 30.1 Å². The average Bonchev–Trinajstić information content (AvgIpc) is 3.08. The minimum atomic E-state index is -0.506. The number of halogens is 1. The molecular formula is C18H19FN4OS. The van der Waals surface area contributed by atoms with Crippen LogP contribution in [0.5, 0.6) is 0 Å². The number of urea groups is 1. The van der Waals surface area contributed by atoms with E-state index in [0.717, 1.165) is 25.6 Å². The van der Waals surface area contributed by atoms with Crippen molar-refractivity contribution in [2.75, 3.05) is 18.4 Å². The Morgan fingerprint density at radius 2 is 2.32 bits per heavy atom. The summed E-state index contributed by atoms with van der Waals surface area (Å²) in [6.07, 6.45) is 1.05. The van der Waals surface area contributed by atoms with Crippen LogP contribution in [0.3, 0.4) is 0 Å². The monoisotopic (exact) mass is 358 g/mol. The van der Waals surface area contributed by atoms with Gasteiger partial charge in [0.05, 0.1) is 11.3 Å². The molecule has 1 aliphatic rings.